The van der Waals surface area contributed by atoms with Crippen molar-refractivity contribution in [3.8, 4) is 0 Å². The van der Waals surface area contributed by atoms with Crippen molar-refractivity contribution in [1.82, 2.24) is 0 Å². The van der Waals surface area contributed by atoms with E-state index in [4.69, 9.17) is 4.74 Å². The Hall–Kier alpha value is -1.94. The van der Waals surface area contributed by atoms with Crippen molar-refractivity contribution in [2.45, 2.75) is 29.7 Å². The van der Waals surface area contributed by atoms with Crippen molar-refractivity contribution >= 4 is 16.7 Å². The monoisotopic (exact) mass is 299 g/mol. The summed E-state index contributed by atoms with van der Waals surface area (Å²) in [5.41, 5.74) is 1.97. The highest BCUT2D eigenvalue weighted by atomic mass is 32.2. The maximum Gasteiger partial charge on any atom is 0.217 e. The van der Waals surface area contributed by atoms with E-state index >= 15 is 0 Å². The highest BCUT2D eigenvalue weighted by Gasteiger charge is 2.21. The zero-order valence-electron chi connectivity index (χ0n) is 12.1. The summed E-state index contributed by atoms with van der Waals surface area (Å²) in [6, 6.07) is 15.5. The van der Waals surface area contributed by atoms with Crippen LogP contribution in [0.2, 0.25) is 0 Å². The van der Waals surface area contributed by atoms with Crippen LogP contribution in [-0.2, 0) is 15.5 Å². The maximum atomic E-state index is 12.8. The second-order valence-electron chi connectivity index (χ2n) is 5.17. The Balaban J connectivity index is 2.01. The van der Waals surface area contributed by atoms with Gasteiger partial charge >= 0.3 is 0 Å². The Labute approximate surface area is 127 Å². The molecule has 4 heteroatoms. The van der Waals surface area contributed by atoms with E-state index in [0.717, 1.165) is 20.9 Å². The average molecular weight is 299 g/mol. The maximum absolute atomic E-state index is 12.8. The number of aryl methyl sites for hydroxylation is 1. The van der Waals surface area contributed by atoms with Crippen LogP contribution >= 0.6 is 0 Å². The van der Waals surface area contributed by atoms with E-state index in [-0.39, 0.29) is 6.04 Å². The van der Waals surface area contributed by atoms with Gasteiger partial charge in [0.1, 0.15) is 6.61 Å². The van der Waals surface area contributed by atoms with Gasteiger partial charge in [0.15, 0.2) is 0 Å². The van der Waals surface area contributed by atoms with Crippen LogP contribution < -0.4 is 0 Å². The molecular weight excluding hydrogens is 282 g/mol. The third-order valence-corrected chi connectivity index (χ3v) is 4.81. The van der Waals surface area contributed by atoms with Crippen LogP contribution in [0, 0.1) is 6.92 Å². The second kappa shape index (κ2) is 5.82. The Morgan fingerprint density at radius 1 is 1.14 bits per heavy atom. The van der Waals surface area contributed by atoms with Gasteiger partial charge in [-0.15, -0.1) is 0 Å². The number of hydrogen-bond donors (Lipinski definition) is 0. The Bertz CT molecular complexity index is 707. The number of aliphatic imine (C=N–C) groups is 1. The zero-order chi connectivity index (χ0) is 14.8. The quantitative estimate of drug-likeness (QED) is 0.872. The molecule has 1 aliphatic heterocycles. The minimum atomic E-state index is -1.23. The molecule has 0 saturated carbocycles. The van der Waals surface area contributed by atoms with Crippen molar-refractivity contribution in [2.75, 3.05) is 6.61 Å². The number of benzene rings is 2. The molecule has 0 spiro atoms. The van der Waals surface area contributed by atoms with Gasteiger partial charge in [0, 0.05) is 4.90 Å². The molecule has 21 heavy (non-hydrogen) atoms. The van der Waals surface area contributed by atoms with Gasteiger partial charge in [-0.05, 0) is 38.1 Å². The predicted molar refractivity (Wildman–Crippen MR) is 84.2 cm³/mol. The molecule has 3 nitrogen and oxygen atoms in total. The van der Waals surface area contributed by atoms with E-state index in [2.05, 4.69) is 4.99 Å². The van der Waals surface area contributed by atoms with Crippen LogP contribution in [0.1, 0.15) is 18.1 Å². The molecule has 2 atom stereocenters. The Morgan fingerprint density at radius 3 is 2.52 bits per heavy atom. The normalized spacial score (nSPS) is 19.0. The van der Waals surface area contributed by atoms with E-state index in [1.807, 2.05) is 62.4 Å². The lowest BCUT2D eigenvalue weighted by Crippen LogP contribution is -2.07. The highest BCUT2D eigenvalue weighted by molar-refractivity contribution is 7.85. The van der Waals surface area contributed by atoms with Gasteiger partial charge in [0.05, 0.1) is 27.3 Å². The zero-order valence-corrected chi connectivity index (χ0v) is 12.9. The lowest BCUT2D eigenvalue weighted by atomic mass is 10.2. The van der Waals surface area contributed by atoms with Gasteiger partial charge < -0.3 is 4.74 Å². The molecule has 1 aliphatic rings. The molecule has 0 aromatic heterocycles. The third kappa shape index (κ3) is 2.90. The van der Waals surface area contributed by atoms with E-state index in [0.29, 0.717) is 12.5 Å². The lowest BCUT2D eigenvalue weighted by Gasteiger charge is -2.09. The first-order chi connectivity index (χ1) is 10.1. The number of rotatable bonds is 3. The summed E-state index contributed by atoms with van der Waals surface area (Å²) in [5.74, 6) is 0.596. The highest BCUT2D eigenvalue weighted by Crippen LogP contribution is 2.23. The van der Waals surface area contributed by atoms with E-state index in [1.54, 1.807) is 0 Å². The first kappa shape index (κ1) is 14.0. The summed E-state index contributed by atoms with van der Waals surface area (Å²) in [4.78, 5) is 6.01. The molecule has 0 N–H and O–H groups in total. The van der Waals surface area contributed by atoms with Crippen molar-refractivity contribution in [3.05, 3.63) is 59.7 Å². The smallest absolute Gasteiger partial charge is 0.217 e. The fourth-order valence-corrected chi connectivity index (χ4v) is 3.41. The standard InChI is InChI=1S/C17H17NO2S/c1-12-7-9-14(10-8-12)21(19)16-6-4-3-5-15(16)17-18-13(2)11-20-17/h3-10,13H,11H2,1-2H3/t13-,21+/m0/s1. The molecule has 2 aromatic rings. The molecule has 3 rings (SSSR count). The number of nitrogens with zero attached hydrogens (tertiary/aromatic N) is 1. The van der Waals surface area contributed by atoms with Crippen LogP contribution in [-0.4, -0.2) is 22.8 Å². The molecular formula is C17H17NO2S. The van der Waals surface area contributed by atoms with Crippen LogP contribution in [0.15, 0.2) is 63.3 Å². The van der Waals surface area contributed by atoms with Gasteiger partial charge in [-0.3, -0.25) is 0 Å². The van der Waals surface area contributed by atoms with Crippen molar-refractivity contribution in [3.63, 3.8) is 0 Å². The molecule has 0 bridgehead atoms. The largest absolute Gasteiger partial charge is 0.475 e. The number of ether oxygens (including phenoxy) is 1. The summed E-state index contributed by atoms with van der Waals surface area (Å²) in [6.07, 6.45) is 0. The molecule has 0 unspecified atom stereocenters. The summed E-state index contributed by atoms with van der Waals surface area (Å²) in [7, 11) is -1.23. The van der Waals surface area contributed by atoms with Crippen molar-refractivity contribution in [2.24, 2.45) is 4.99 Å². The molecule has 0 saturated heterocycles. The average Bonchev–Trinajstić information content (AvgIpc) is 2.94. The van der Waals surface area contributed by atoms with Gasteiger partial charge in [0.25, 0.3) is 0 Å². The van der Waals surface area contributed by atoms with Gasteiger partial charge in [-0.25, -0.2) is 9.20 Å². The molecule has 108 valence electrons. The topological polar surface area (TPSA) is 38.7 Å². The van der Waals surface area contributed by atoms with E-state index < -0.39 is 10.8 Å². The Kier molecular flexibility index (Phi) is 3.88. The SMILES string of the molecule is Cc1ccc([S@@](=O)c2ccccc2C2=N[C@@H](C)CO2)cc1. The van der Waals surface area contributed by atoms with Crippen molar-refractivity contribution < 1.29 is 8.95 Å². The minimum Gasteiger partial charge on any atom is -0.475 e. The van der Waals surface area contributed by atoms with Gasteiger partial charge in [-0.2, -0.15) is 0 Å². The molecule has 0 radical (unpaired) electrons. The Morgan fingerprint density at radius 2 is 1.86 bits per heavy atom. The molecule has 0 aliphatic carbocycles. The minimum absolute atomic E-state index is 0.154. The van der Waals surface area contributed by atoms with Crippen LogP contribution in [0.5, 0.6) is 0 Å². The molecule has 0 amide bonds. The first-order valence-electron chi connectivity index (χ1n) is 6.93. The van der Waals surface area contributed by atoms with E-state index in [1.165, 1.54) is 0 Å². The first-order valence-corrected chi connectivity index (χ1v) is 8.08. The third-order valence-electron chi connectivity index (χ3n) is 3.35. The molecule has 1 heterocycles. The number of hydrogen-bond acceptors (Lipinski definition) is 3. The summed E-state index contributed by atoms with van der Waals surface area (Å²) in [6.45, 7) is 4.61. The van der Waals surface area contributed by atoms with Gasteiger partial charge in [-0.1, -0.05) is 29.8 Å². The molecule has 2 aromatic carbocycles. The predicted octanol–water partition coefficient (Wildman–Crippen LogP) is 3.33. The van der Waals surface area contributed by atoms with Crippen LogP contribution in [0.25, 0.3) is 0 Å². The summed E-state index contributed by atoms with van der Waals surface area (Å²) in [5, 5.41) is 0. The van der Waals surface area contributed by atoms with E-state index in [9.17, 15) is 4.21 Å². The summed E-state index contributed by atoms with van der Waals surface area (Å²) >= 11 is 0. The van der Waals surface area contributed by atoms with Crippen LogP contribution in [0.4, 0.5) is 0 Å². The van der Waals surface area contributed by atoms with Crippen LogP contribution in [0.3, 0.4) is 0 Å². The van der Waals surface area contributed by atoms with Crippen molar-refractivity contribution in [1.29, 1.82) is 0 Å². The van der Waals surface area contributed by atoms with Gasteiger partial charge in [0.2, 0.25) is 5.90 Å². The summed E-state index contributed by atoms with van der Waals surface area (Å²) < 4.78 is 18.4. The molecule has 0 fully saturated rings. The fraction of sp³-hybridized carbons (Fsp3) is 0.235. The lowest BCUT2D eigenvalue weighted by molar-refractivity contribution is 0.323. The fourth-order valence-electron chi connectivity index (χ4n) is 2.22. The second-order valence-corrected chi connectivity index (χ2v) is 6.62.